The van der Waals surface area contributed by atoms with Gasteiger partial charge in [0.15, 0.2) is 0 Å². The van der Waals surface area contributed by atoms with E-state index in [1.807, 2.05) is 27.7 Å². The zero-order valence-electron chi connectivity index (χ0n) is 17.2. The molecule has 0 aromatic heterocycles. The van der Waals surface area contributed by atoms with Crippen LogP contribution in [0.4, 0.5) is 4.79 Å². The van der Waals surface area contributed by atoms with E-state index in [0.717, 1.165) is 24.0 Å². The molecular weight excluding hydrogens is 340 g/mol. The first-order chi connectivity index (χ1) is 12.7. The molecule has 0 N–H and O–H groups in total. The van der Waals surface area contributed by atoms with Crippen molar-refractivity contribution in [3.8, 4) is 0 Å². The lowest BCUT2D eigenvalue weighted by atomic mass is 9.88. The lowest BCUT2D eigenvalue weighted by Crippen LogP contribution is -2.39. The fourth-order valence-electron chi connectivity index (χ4n) is 3.22. The summed E-state index contributed by atoms with van der Waals surface area (Å²) >= 11 is 0. The van der Waals surface area contributed by atoms with Crippen LogP contribution < -0.4 is 0 Å². The summed E-state index contributed by atoms with van der Waals surface area (Å²) < 4.78 is 5.47. The van der Waals surface area contributed by atoms with Crippen molar-refractivity contribution in [3.05, 3.63) is 50.9 Å². The topological polar surface area (TPSA) is 78.3 Å². The van der Waals surface area contributed by atoms with Crippen molar-refractivity contribution < 1.29 is 9.53 Å². The van der Waals surface area contributed by atoms with Gasteiger partial charge in [0.2, 0.25) is 0 Å². The highest BCUT2D eigenvalue weighted by Gasteiger charge is 2.25. The molecule has 1 aliphatic rings. The van der Waals surface area contributed by atoms with Gasteiger partial charge in [-0.15, -0.1) is 0 Å². The molecule has 6 nitrogen and oxygen atoms in total. The van der Waals surface area contributed by atoms with Crippen LogP contribution in [0.5, 0.6) is 0 Å². The van der Waals surface area contributed by atoms with Crippen LogP contribution in [-0.4, -0.2) is 29.7 Å². The van der Waals surface area contributed by atoms with Crippen molar-refractivity contribution >= 4 is 11.7 Å². The summed E-state index contributed by atoms with van der Waals surface area (Å²) in [6.07, 6.45) is 3.31. The quantitative estimate of drug-likeness (QED) is 0.365. The molecule has 1 heterocycles. The molecule has 0 bridgehead atoms. The van der Waals surface area contributed by atoms with Crippen LogP contribution in [0.3, 0.4) is 0 Å². The number of ether oxygens (including phenoxy) is 1. The first-order valence-electron chi connectivity index (χ1n) is 9.49. The van der Waals surface area contributed by atoms with E-state index in [4.69, 9.17) is 10.3 Å². The molecule has 0 spiro atoms. The van der Waals surface area contributed by atoms with Crippen LogP contribution >= 0.6 is 0 Å². The molecule has 1 amide bonds. The number of hydrogen-bond donors (Lipinski definition) is 0. The Balaban J connectivity index is 2.32. The van der Waals surface area contributed by atoms with E-state index in [1.54, 1.807) is 4.90 Å². The van der Waals surface area contributed by atoms with Crippen molar-refractivity contribution in [2.45, 2.75) is 66.0 Å². The second-order valence-electron chi connectivity index (χ2n) is 8.06. The third kappa shape index (κ3) is 5.27. The molecule has 1 aliphatic heterocycles. The predicted octanol–water partition coefficient (Wildman–Crippen LogP) is 6.09. The highest BCUT2D eigenvalue weighted by Crippen LogP contribution is 2.34. The Morgan fingerprint density at radius 2 is 2.00 bits per heavy atom. The first-order valence-corrected chi connectivity index (χ1v) is 9.49. The van der Waals surface area contributed by atoms with Gasteiger partial charge in [-0.2, -0.15) is 0 Å². The number of carbonyl (C=O) groups excluding carboxylic acids is 1. The molecule has 27 heavy (non-hydrogen) atoms. The summed E-state index contributed by atoms with van der Waals surface area (Å²) in [5.41, 5.74) is 14.2. The van der Waals surface area contributed by atoms with E-state index in [1.165, 1.54) is 16.7 Å². The normalized spacial score (nSPS) is 15.6. The Labute approximate surface area is 161 Å². The zero-order valence-corrected chi connectivity index (χ0v) is 17.2. The van der Waals surface area contributed by atoms with Gasteiger partial charge < -0.3 is 9.64 Å². The third-order valence-corrected chi connectivity index (χ3v) is 4.81. The Hall–Kier alpha value is -2.46. The van der Waals surface area contributed by atoms with Crippen molar-refractivity contribution in [1.82, 2.24) is 4.90 Å². The number of benzene rings is 1. The molecule has 1 aromatic rings. The summed E-state index contributed by atoms with van der Waals surface area (Å²) in [5.74, 6) is 0. The Bertz CT molecular complexity index is 786. The van der Waals surface area contributed by atoms with Gasteiger partial charge in [0.1, 0.15) is 5.60 Å². The molecule has 1 aromatic carbocycles. The van der Waals surface area contributed by atoms with E-state index in [2.05, 4.69) is 42.1 Å². The SMILES string of the molecule is CC[C@@H](N=[N+]=[N-])c1cc(C)c(C)cc1C1=CCN(C(=O)OC(C)(C)C)CC1. The van der Waals surface area contributed by atoms with Crippen LogP contribution in [0.1, 0.15) is 68.8 Å². The minimum atomic E-state index is -0.494. The first kappa shape index (κ1) is 20.8. The van der Waals surface area contributed by atoms with Gasteiger partial charge in [0.05, 0.1) is 6.04 Å². The Morgan fingerprint density at radius 1 is 1.33 bits per heavy atom. The largest absolute Gasteiger partial charge is 0.444 e. The highest BCUT2D eigenvalue weighted by molar-refractivity contribution is 5.74. The van der Waals surface area contributed by atoms with Crippen molar-refractivity contribution in [3.63, 3.8) is 0 Å². The summed E-state index contributed by atoms with van der Waals surface area (Å²) in [6, 6.07) is 4.12. The zero-order chi connectivity index (χ0) is 20.2. The highest BCUT2D eigenvalue weighted by atomic mass is 16.6. The minimum Gasteiger partial charge on any atom is -0.444 e. The van der Waals surface area contributed by atoms with Gasteiger partial charge in [-0.25, -0.2) is 4.79 Å². The number of amides is 1. The second kappa shape index (κ2) is 8.49. The van der Waals surface area contributed by atoms with Crippen LogP contribution in [-0.2, 0) is 4.74 Å². The smallest absolute Gasteiger partial charge is 0.410 e. The van der Waals surface area contributed by atoms with Gasteiger partial charge in [0.25, 0.3) is 0 Å². The number of hydrogen-bond acceptors (Lipinski definition) is 3. The number of azide groups is 1. The minimum absolute atomic E-state index is 0.186. The maximum absolute atomic E-state index is 12.3. The molecule has 1 atom stereocenters. The maximum Gasteiger partial charge on any atom is 0.410 e. The second-order valence-corrected chi connectivity index (χ2v) is 8.06. The molecule has 0 saturated carbocycles. The summed E-state index contributed by atoms with van der Waals surface area (Å²) in [4.78, 5) is 17.0. The van der Waals surface area contributed by atoms with E-state index >= 15 is 0 Å². The summed E-state index contributed by atoms with van der Waals surface area (Å²) in [6.45, 7) is 12.9. The monoisotopic (exact) mass is 370 g/mol. The van der Waals surface area contributed by atoms with Crippen molar-refractivity contribution in [2.24, 2.45) is 5.11 Å². The van der Waals surface area contributed by atoms with Gasteiger partial charge >= 0.3 is 6.09 Å². The molecule has 0 fully saturated rings. The summed E-state index contributed by atoms with van der Waals surface area (Å²) in [7, 11) is 0. The van der Waals surface area contributed by atoms with Gasteiger partial charge in [0, 0.05) is 18.0 Å². The molecule has 0 aliphatic carbocycles. The Morgan fingerprint density at radius 3 is 2.52 bits per heavy atom. The standard InChI is InChI=1S/C21H30N4O2/c1-7-19(23-24-22)18-13-15(3)14(2)12-17(18)16-8-10-25(11-9-16)20(26)27-21(4,5)6/h8,12-13,19H,7,9-11H2,1-6H3/t19-/m1/s1. The third-order valence-electron chi connectivity index (χ3n) is 4.81. The number of carbonyl (C=O) groups is 1. The number of aryl methyl sites for hydroxylation is 2. The van der Waals surface area contributed by atoms with Crippen molar-refractivity contribution in [1.29, 1.82) is 0 Å². The lowest BCUT2D eigenvalue weighted by molar-refractivity contribution is 0.0270. The van der Waals surface area contributed by atoms with Crippen LogP contribution in [0.25, 0.3) is 16.0 Å². The predicted molar refractivity (Wildman–Crippen MR) is 108 cm³/mol. The van der Waals surface area contributed by atoms with Crippen LogP contribution in [0, 0.1) is 13.8 Å². The molecule has 0 radical (unpaired) electrons. The lowest BCUT2D eigenvalue weighted by Gasteiger charge is -2.30. The fraction of sp³-hybridized carbons (Fsp3) is 0.571. The van der Waals surface area contributed by atoms with Gasteiger partial charge in [-0.3, -0.25) is 0 Å². The average Bonchev–Trinajstić information content (AvgIpc) is 2.60. The van der Waals surface area contributed by atoms with E-state index in [9.17, 15) is 4.79 Å². The van der Waals surface area contributed by atoms with Crippen LogP contribution in [0.15, 0.2) is 23.3 Å². The number of nitrogens with zero attached hydrogens (tertiary/aromatic N) is 4. The van der Waals surface area contributed by atoms with Gasteiger partial charge in [-0.1, -0.05) is 30.2 Å². The number of rotatable bonds is 4. The molecular formula is C21H30N4O2. The fourth-order valence-corrected chi connectivity index (χ4v) is 3.22. The molecule has 146 valence electrons. The van der Waals surface area contributed by atoms with E-state index in [0.29, 0.717) is 13.1 Å². The Kier molecular flexibility index (Phi) is 6.55. The average molecular weight is 370 g/mol. The maximum atomic E-state index is 12.3. The van der Waals surface area contributed by atoms with Crippen molar-refractivity contribution in [2.75, 3.05) is 13.1 Å². The molecule has 0 unspecified atom stereocenters. The molecule has 6 heteroatoms. The van der Waals surface area contributed by atoms with Gasteiger partial charge in [-0.05, 0) is 80.8 Å². The van der Waals surface area contributed by atoms with Crippen LogP contribution in [0.2, 0.25) is 0 Å². The summed E-state index contributed by atoms with van der Waals surface area (Å²) in [5, 5.41) is 3.99. The molecule has 0 saturated heterocycles. The van der Waals surface area contributed by atoms with E-state index in [-0.39, 0.29) is 12.1 Å². The molecule has 2 rings (SSSR count). The van der Waals surface area contributed by atoms with E-state index < -0.39 is 5.60 Å².